The normalized spacial score (nSPS) is 15.2. The molecule has 7 nitrogen and oxygen atoms in total. The van der Waals surface area contributed by atoms with Gasteiger partial charge in [-0.15, -0.1) is 0 Å². The average molecular weight is 440 g/mol. The van der Waals surface area contributed by atoms with Crippen molar-refractivity contribution >= 4 is 16.9 Å². The highest BCUT2D eigenvalue weighted by atomic mass is 16.5. The smallest absolute Gasteiger partial charge is 0.379 e. The number of furan rings is 2. The Morgan fingerprint density at radius 1 is 1.12 bits per heavy atom. The van der Waals surface area contributed by atoms with Gasteiger partial charge in [0, 0.05) is 22.6 Å². The quantitative estimate of drug-likeness (QED) is 0.336. The third-order valence-electron chi connectivity index (χ3n) is 6.04. The SMILES string of the molecule is Cc1ccc2c(C)c(C(=O)Oc3ccc4c(c3)OC(N)=C(C#N)C4c3ccco3)oc2c1C. The minimum Gasteiger partial charge on any atom is -0.468 e. The van der Waals surface area contributed by atoms with Crippen LogP contribution in [0.1, 0.15) is 44.5 Å². The van der Waals surface area contributed by atoms with Gasteiger partial charge in [-0.1, -0.05) is 18.2 Å². The number of carbonyl (C=O) groups is 1. The van der Waals surface area contributed by atoms with Gasteiger partial charge < -0.3 is 24.0 Å². The molecule has 2 aromatic carbocycles. The van der Waals surface area contributed by atoms with Crippen LogP contribution in [-0.2, 0) is 0 Å². The molecule has 33 heavy (non-hydrogen) atoms. The number of aryl methyl sites for hydroxylation is 3. The molecule has 0 fully saturated rings. The van der Waals surface area contributed by atoms with E-state index in [4.69, 9.17) is 24.0 Å². The molecule has 2 N–H and O–H groups in total. The number of allylic oxidation sites excluding steroid dienone is 1. The summed E-state index contributed by atoms with van der Waals surface area (Å²) >= 11 is 0. The van der Waals surface area contributed by atoms with E-state index in [-0.39, 0.29) is 23.0 Å². The summed E-state index contributed by atoms with van der Waals surface area (Å²) in [6, 6.07) is 14.5. The van der Waals surface area contributed by atoms with Crippen LogP contribution in [0.3, 0.4) is 0 Å². The van der Waals surface area contributed by atoms with Crippen LogP contribution in [0.25, 0.3) is 11.0 Å². The average Bonchev–Trinajstić information content (AvgIpc) is 3.44. The van der Waals surface area contributed by atoms with Crippen LogP contribution in [0.5, 0.6) is 11.5 Å². The number of carbonyl (C=O) groups excluding carboxylic acids is 1. The zero-order chi connectivity index (χ0) is 23.3. The summed E-state index contributed by atoms with van der Waals surface area (Å²) in [6.07, 6.45) is 1.53. The maximum atomic E-state index is 12.9. The van der Waals surface area contributed by atoms with Gasteiger partial charge in [0.1, 0.15) is 34.5 Å². The van der Waals surface area contributed by atoms with E-state index in [1.807, 2.05) is 32.9 Å². The van der Waals surface area contributed by atoms with Gasteiger partial charge in [-0.2, -0.15) is 5.26 Å². The number of nitrogens with two attached hydrogens (primary N) is 1. The monoisotopic (exact) mass is 440 g/mol. The van der Waals surface area contributed by atoms with Crippen LogP contribution in [-0.4, -0.2) is 5.97 Å². The lowest BCUT2D eigenvalue weighted by molar-refractivity contribution is 0.0702. The van der Waals surface area contributed by atoms with Crippen LogP contribution in [0.15, 0.2) is 69.0 Å². The highest BCUT2D eigenvalue weighted by Gasteiger charge is 2.33. The van der Waals surface area contributed by atoms with Gasteiger partial charge in [0.05, 0.1) is 12.2 Å². The molecule has 0 bridgehead atoms. The first-order valence-corrected chi connectivity index (χ1v) is 10.4. The zero-order valence-electron chi connectivity index (χ0n) is 18.3. The summed E-state index contributed by atoms with van der Waals surface area (Å²) in [4.78, 5) is 12.9. The molecule has 1 aliphatic heterocycles. The van der Waals surface area contributed by atoms with Crippen molar-refractivity contribution in [2.75, 3.05) is 0 Å². The maximum absolute atomic E-state index is 12.9. The molecule has 1 aliphatic rings. The second kappa shape index (κ2) is 7.61. The summed E-state index contributed by atoms with van der Waals surface area (Å²) in [5, 5.41) is 10.5. The van der Waals surface area contributed by atoms with E-state index in [9.17, 15) is 10.1 Å². The van der Waals surface area contributed by atoms with Gasteiger partial charge in [0.2, 0.25) is 11.6 Å². The van der Waals surface area contributed by atoms with Crippen molar-refractivity contribution in [1.29, 1.82) is 5.26 Å². The number of esters is 1. The number of fused-ring (bicyclic) bond motifs is 2. The van der Waals surface area contributed by atoms with Gasteiger partial charge >= 0.3 is 5.97 Å². The molecule has 0 aliphatic carbocycles. The van der Waals surface area contributed by atoms with Crippen molar-refractivity contribution in [3.8, 4) is 17.6 Å². The van der Waals surface area contributed by atoms with Crippen molar-refractivity contribution in [3.63, 3.8) is 0 Å². The number of nitrogens with zero attached hydrogens (tertiary/aromatic N) is 1. The Balaban J connectivity index is 1.49. The molecule has 3 heterocycles. The molecular weight excluding hydrogens is 420 g/mol. The Bertz CT molecular complexity index is 1490. The Labute approximate surface area is 189 Å². The lowest BCUT2D eigenvalue weighted by Crippen LogP contribution is -2.21. The standard InChI is InChI=1S/C26H20N2O5/c1-13-6-8-17-15(3)24(33-23(17)14(13)2)26(29)31-16-7-9-18-21(11-16)32-25(28)19(12-27)22(18)20-5-4-10-30-20/h4-11,22H,28H2,1-3H3. The van der Waals surface area contributed by atoms with E-state index in [1.165, 1.54) is 6.26 Å². The maximum Gasteiger partial charge on any atom is 0.379 e. The summed E-state index contributed by atoms with van der Waals surface area (Å²) in [5.74, 6) is 0.213. The fraction of sp³-hybridized carbons (Fsp3) is 0.154. The van der Waals surface area contributed by atoms with Gasteiger partial charge in [0.25, 0.3) is 0 Å². The number of nitriles is 1. The van der Waals surface area contributed by atoms with E-state index >= 15 is 0 Å². The molecule has 0 radical (unpaired) electrons. The van der Waals surface area contributed by atoms with Crippen molar-refractivity contribution in [1.82, 2.24) is 0 Å². The molecule has 2 aromatic heterocycles. The lowest BCUT2D eigenvalue weighted by atomic mass is 9.87. The Morgan fingerprint density at radius 3 is 2.67 bits per heavy atom. The first-order valence-electron chi connectivity index (χ1n) is 10.4. The second-order valence-electron chi connectivity index (χ2n) is 7.97. The molecule has 4 aromatic rings. The van der Waals surface area contributed by atoms with Crippen molar-refractivity contribution < 1.29 is 23.1 Å². The van der Waals surface area contributed by atoms with E-state index in [0.29, 0.717) is 22.7 Å². The van der Waals surface area contributed by atoms with Gasteiger partial charge in [-0.3, -0.25) is 0 Å². The summed E-state index contributed by atoms with van der Waals surface area (Å²) in [7, 11) is 0. The van der Waals surface area contributed by atoms with Crippen molar-refractivity contribution in [2.45, 2.75) is 26.7 Å². The summed E-state index contributed by atoms with van der Waals surface area (Å²) in [5.41, 5.74) is 10.4. The first kappa shape index (κ1) is 20.5. The van der Waals surface area contributed by atoms with E-state index in [1.54, 1.807) is 30.3 Å². The molecule has 0 amide bonds. The molecular formula is C26H20N2O5. The zero-order valence-corrected chi connectivity index (χ0v) is 18.3. The lowest BCUT2D eigenvalue weighted by Gasteiger charge is -2.25. The van der Waals surface area contributed by atoms with E-state index in [0.717, 1.165) is 22.1 Å². The molecule has 5 rings (SSSR count). The highest BCUT2D eigenvalue weighted by molar-refractivity contribution is 5.97. The number of rotatable bonds is 3. The van der Waals surface area contributed by atoms with Gasteiger partial charge in [0.15, 0.2) is 0 Å². The minimum atomic E-state index is -0.611. The molecule has 1 atom stereocenters. The molecule has 1 unspecified atom stereocenters. The fourth-order valence-corrected chi connectivity index (χ4v) is 4.11. The third kappa shape index (κ3) is 3.24. The summed E-state index contributed by atoms with van der Waals surface area (Å²) in [6.45, 7) is 5.78. The minimum absolute atomic E-state index is 0.0196. The molecule has 0 spiro atoms. The second-order valence-corrected chi connectivity index (χ2v) is 7.97. The van der Waals surface area contributed by atoms with E-state index < -0.39 is 11.9 Å². The Morgan fingerprint density at radius 2 is 1.94 bits per heavy atom. The van der Waals surface area contributed by atoms with Crippen LogP contribution in [0.4, 0.5) is 0 Å². The predicted molar refractivity (Wildman–Crippen MR) is 120 cm³/mol. The highest BCUT2D eigenvalue weighted by Crippen LogP contribution is 2.43. The molecule has 7 heteroatoms. The summed E-state index contributed by atoms with van der Waals surface area (Å²) < 4.78 is 22.7. The van der Waals surface area contributed by atoms with Gasteiger partial charge in [-0.05, 0) is 50.1 Å². The topological polar surface area (TPSA) is 112 Å². The van der Waals surface area contributed by atoms with Crippen molar-refractivity contribution in [2.24, 2.45) is 5.73 Å². The van der Waals surface area contributed by atoms with Gasteiger partial charge in [-0.25, -0.2) is 4.79 Å². The van der Waals surface area contributed by atoms with E-state index in [2.05, 4.69) is 6.07 Å². The predicted octanol–water partition coefficient (Wildman–Crippen LogP) is 5.39. The number of benzene rings is 2. The largest absolute Gasteiger partial charge is 0.468 e. The Kier molecular flexibility index (Phi) is 4.72. The molecule has 0 saturated carbocycles. The Hall–Kier alpha value is -4.44. The molecule has 0 saturated heterocycles. The van der Waals surface area contributed by atoms with Crippen LogP contribution in [0.2, 0.25) is 0 Å². The van der Waals surface area contributed by atoms with Crippen LogP contribution < -0.4 is 15.2 Å². The number of ether oxygens (including phenoxy) is 2. The molecule has 164 valence electrons. The van der Waals surface area contributed by atoms with Crippen LogP contribution >= 0.6 is 0 Å². The third-order valence-corrected chi connectivity index (χ3v) is 6.04. The first-order chi connectivity index (χ1) is 15.9. The number of hydrogen-bond acceptors (Lipinski definition) is 7. The van der Waals surface area contributed by atoms with Crippen molar-refractivity contribution in [3.05, 3.63) is 94.0 Å². The van der Waals surface area contributed by atoms with Crippen LogP contribution in [0, 0.1) is 32.1 Å². The fourth-order valence-electron chi connectivity index (χ4n) is 4.11. The number of hydrogen-bond donors (Lipinski definition) is 1.